The number of benzene rings is 2. The van der Waals surface area contributed by atoms with E-state index in [1.807, 2.05) is 6.07 Å². The van der Waals surface area contributed by atoms with Crippen LogP contribution < -0.4 is 4.74 Å². The third kappa shape index (κ3) is 5.53. The lowest BCUT2D eigenvalue weighted by Crippen LogP contribution is -2.22. The van der Waals surface area contributed by atoms with Gasteiger partial charge in [-0.15, -0.1) is 0 Å². The molecular weight excluding hydrogens is 368 g/mol. The van der Waals surface area contributed by atoms with E-state index in [0.717, 1.165) is 18.4 Å². The van der Waals surface area contributed by atoms with E-state index in [0.29, 0.717) is 5.75 Å². The predicted octanol–water partition coefficient (Wildman–Crippen LogP) is 1.58. The second-order valence-electron chi connectivity index (χ2n) is 5.17. The highest BCUT2D eigenvalue weighted by Gasteiger charge is 2.26. The van der Waals surface area contributed by atoms with Crippen LogP contribution in [0.4, 0.5) is 0 Å². The fraction of sp³-hybridized carbons (Fsp3) is 0.250. The molecule has 0 bridgehead atoms. The Morgan fingerprint density at radius 3 is 2.08 bits per heavy atom. The molecular formula is C16H18O7S2. The van der Waals surface area contributed by atoms with Crippen LogP contribution in [0.25, 0.3) is 0 Å². The van der Waals surface area contributed by atoms with Crippen LogP contribution in [0.1, 0.15) is 6.42 Å². The van der Waals surface area contributed by atoms with E-state index in [4.69, 9.17) is 4.74 Å². The van der Waals surface area contributed by atoms with Crippen molar-refractivity contribution in [1.82, 2.24) is 0 Å². The van der Waals surface area contributed by atoms with Gasteiger partial charge in [-0.3, -0.25) is 0 Å². The Labute approximate surface area is 146 Å². The first-order valence-corrected chi connectivity index (χ1v) is 10.6. The van der Waals surface area contributed by atoms with E-state index < -0.39 is 31.1 Å². The lowest BCUT2D eigenvalue weighted by atomic mass is 10.3. The van der Waals surface area contributed by atoms with E-state index in [1.54, 1.807) is 24.3 Å². The minimum absolute atomic E-state index is 0.0222. The summed E-state index contributed by atoms with van der Waals surface area (Å²) in [5.41, 5.74) is 0. The molecule has 2 aromatic rings. The smallest absolute Gasteiger partial charge is 0.300 e. The minimum atomic E-state index is -4.45. The number of aliphatic hydroxyl groups excluding tert-OH is 1. The Morgan fingerprint density at radius 2 is 1.48 bits per heavy atom. The molecule has 0 saturated carbocycles. The van der Waals surface area contributed by atoms with Gasteiger partial charge < -0.3 is 9.84 Å². The number of ether oxygens (including phenoxy) is 1. The summed E-state index contributed by atoms with van der Waals surface area (Å²) < 4.78 is 58.0. The van der Waals surface area contributed by atoms with Crippen LogP contribution in [0, 0.1) is 0 Å². The Bertz CT molecular complexity index is 907. The molecule has 0 heterocycles. The molecule has 0 radical (unpaired) electrons. The fourth-order valence-corrected chi connectivity index (χ4v) is 4.58. The normalized spacial score (nSPS) is 13.4. The van der Waals surface area contributed by atoms with Gasteiger partial charge in [-0.2, -0.15) is 8.42 Å². The van der Waals surface area contributed by atoms with Gasteiger partial charge in [0.25, 0.3) is 0 Å². The van der Waals surface area contributed by atoms with Crippen LogP contribution in [-0.4, -0.2) is 41.1 Å². The van der Waals surface area contributed by atoms with E-state index >= 15 is 0 Å². The maximum absolute atomic E-state index is 12.3. The highest BCUT2D eigenvalue weighted by Crippen LogP contribution is 2.23. The van der Waals surface area contributed by atoms with Gasteiger partial charge in [0.1, 0.15) is 10.6 Å². The van der Waals surface area contributed by atoms with Gasteiger partial charge in [-0.25, -0.2) is 12.6 Å². The van der Waals surface area contributed by atoms with E-state index in [1.165, 1.54) is 12.1 Å². The fourth-order valence-electron chi connectivity index (χ4n) is 2.00. The van der Waals surface area contributed by atoms with Crippen molar-refractivity contribution in [2.75, 3.05) is 12.9 Å². The van der Waals surface area contributed by atoms with E-state index in [2.05, 4.69) is 4.18 Å². The first-order chi connectivity index (χ1) is 11.7. The molecule has 0 aromatic heterocycles. The van der Waals surface area contributed by atoms with Gasteiger partial charge in [-0.1, -0.05) is 30.3 Å². The van der Waals surface area contributed by atoms with Gasteiger partial charge in [0.05, 0.1) is 11.5 Å². The number of hydrogen-bond donors (Lipinski definition) is 1. The predicted molar refractivity (Wildman–Crippen MR) is 90.4 cm³/mol. The third-order valence-electron chi connectivity index (χ3n) is 3.13. The van der Waals surface area contributed by atoms with Crippen molar-refractivity contribution in [2.45, 2.75) is 22.5 Å². The SMILES string of the molecule is CS(=O)(=O)c1ccccc1S(=O)(=O)OC(O)CCOc1ccccc1. The van der Waals surface area contributed by atoms with Crippen molar-refractivity contribution in [3.05, 3.63) is 54.6 Å². The molecule has 1 unspecified atom stereocenters. The summed E-state index contributed by atoms with van der Waals surface area (Å²) in [5.74, 6) is 0.569. The zero-order valence-corrected chi connectivity index (χ0v) is 15.0. The van der Waals surface area contributed by atoms with Crippen LogP contribution in [-0.2, 0) is 24.1 Å². The van der Waals surface area contributed by atoms with Crippen LogP contribution in [0.3, 0.4) is 0 Å². The second kappa shape index (κ2) is 7.96. The number of para-hydroxylation sites is 1. The Kier molecular flexibility index (Phi) is 6.17. The number of rotatable bonds is 8. The summed E-state index contributed by atoms with van der Waals surface area (Å²) >= 11 is 0. The summed E-state index contributed by atoms with van der Waals surface area (Å²) in [7, 11) is -8.22. The molecule has 1 atom stereocenters. The Hall–Kier alpha value is -1.94. The summed E-state index contributed by atoms with van der Waals surface area (Å²) in [5, 5.41) is 9.79. The second-order valence-corrected chi connectivity index (χ2v) is 8.70. The third-order valence-corrected chi connectivity index (χ3v) is 5.79. The molecule has 0 aliphatic carbocycles. The molecule has 0 fully saturated rings. The summed E-state index contributed by atoms with van der Waals surface area (Å²) in [6.07, 6.45) is -0.887. The standard InChI is InChI=1S/C16H18O7S2/c1-24(18,19)14-9-5-6-10-15(14)25(20,21)23-16(17)11-12-22-13-7-3-2-4-8-13/h2-10,16-17H,11-12H2,1H3. The monoisotopic (exact) mass is 386 g/mol. The number of hydrogen-bond acceptors (Lipinski definition) is 7. The zero-order valence-electron chi connectivity index (χ0n) is 13.4. The van der Waals surface area contributed by atoms with Gasteiger partial charge in [0, 0.05) is 12.7 Å². The lowest BCUT2D eigenvalue weighted by molar-refractivity contribution is -0.0257. The Balaban J connectivity index is 2.04. The minimum Gasteiger partial charge on any atom is -0.493 e. The van der Waals surface area contributed by atoms with Gasteiger partial charge in [-0.05, 0) is 24.3 Å². The molecule has 1 N–H and O–H groups in total. The van der Waals surface area contributed by atoms with E-state index in [-0.39, 0.29) is 17.9 Å². The van der Waals surface area contributed by atoms with Gasteiger partial charge in [0.2, 0.25) is 0 Å². The molecule has 136 valence electrons. The molecule has 25 heavy (non-hydrogen) atoms. The van der Waals surface area contributed by atoms with Crippen LogP contribution >= 0.6 is 0 Å². The van der Waals surface area contributed by atoms with Crippen molar-refractivity contribution < 1.29 is 30.9 Å². The molecule has 0 saturated heterocycles. The van der Waals surface area contributed by atoms with Crippen molar-refractivity contribution >= 4 is 20.0 Å². The highest BCUT2D eigenvalue weighted by molar-refractivity contribution is 7.92. The molecule has 0 spiro atoms. The molecule has 9 heteroatoms. The molecule has 0 aliphatic heterocycles. The van der Waals surface area contributed by atoms with Crippen molar-refractivity contribution in [2.24, 2.45) is 0 Å². The quantitative estimate of drug-likeness (QED) is 0.542. The maximum Gasteiger partial charge on any atom is 0.300 e. The number of aliphatic hydroxyl groups is 1. The molecule has 2 rings (SSSR count). The van der Waals surface area contributed by atoms with Gasteiger partial charge >= 0.3 is 10.1 Å². The van der Waals surface area contributed by atoms with Crippen LogP contribution in [0.2, 0.25) is 0 Å². The average Bonchev–Trinajstić information content (AvgIpc) is 2.54. The number of sulfone groups is 1. The molecule has 0 aliphatic rings. The van der Waals surface area contributed by atoms with E-state index in [9.17, 15) is 21.9 Å². The van der Waals surface area contributed by atoms with Gasteiger partial charge in [0.15, 0.2) is 16.1 Å². The summed E-state index contributed by atoms with van der Waals surface area (Å²) in [6, 6.07) is 13.8. The summed E-state index contributed by atoms with van der Waals surface area (Å²) in [6.45, 7) is 0.0222. The van der Waals surface area contributed by atoms with Crippen molar-refractivity contribution in [1.29, 1.82) is 0 Å². The first kappa shape index (κ1) is 19.4. The highest BCUT2D eigenvalue weighted by atomic mass is 32.2. The maximum atomic E-state index is 12.3. The topological polar surface area (TPSA) is 107 Å². The Morgan fingerprint density at radius 1 is 0.920 bits per heavy atom. The van der Waals surface area contributed by atoms with Crippen molar-refractivity contribution in [3.8, 4) is 5.75 Å². The largest absolute Gasteiger partial charge is 0.493 e. The lowest BCUT2D eigenvalue weighted by Gasteiger charge is -2.14. The average molecular weight is 386 g/mol. The van der Waals surface area contributed by atoms with Crippen LogP contribution in [0.15, 0.2) is 64.4 Å². The molecule has 7 nitrogen and oxygen atoms in total. The summed E-state index contributed by atoms with van der Waals surface area (Å²) in [4.78, 5) is -0.900. The van der Waals surface area contributed by atoms with Crippen molar-refractivity contribution in [3.63, 3.8) is 0 Å². The molecule has 2 aromatic carbocycles. The first-order valence-electron chi connectivity index (χ1n) is 7.28. The van der Waals surface area contributed by atoms with Crippen LogP contribution in [0.5, 0.6) is 5.75 Å². The molecule has 0 amide bonds. The zero-order chi connectivity index (χ0) is 18.5.